The van der Waals surface area contributed by atoms with E-state index in [0.717, 1.165) is 28.3 Å². The van der Waals surface area contributed by atoms with Crippen molar-refractivity contribution in [2.45, 2.75) is 0 Å². The zero-order valence-corrected chi connectivity index (χ0v) is 31.9. The van der Waals surface area contributed by atoms with E-state index in [1.165, 1.54) is 69.8 Å². The van der Waals surface area contributed by atoms with Crippen molar-refractivity contribution >= 4 is 70.4 Å². The molecular formula is C54H36N2S. The Labute approximate surface area is 335 Å². The summed E-state index contributed by atoms with van der Waals surface area (Å²) in [5.74, 6) is 0. The van der Waals surface area contributed by atoms with Crippen molar-refractivity contribution in [1.29, 1.82) is 0 Å². The minimum atomic E-state index is 1.12. The first kappa shape index (κ1) is 33.2. The van der Waals surface area contributed by atoms with Crippen LogP contribution in [-0.2, 0) is 0 Å². The van der Waals surface area contributed by atoms with Gasteiger partial charge in [0.25, 0.3) is 0 Å². The number of para-hydroxylation sites is 4. The highest BCUT2D eigenvalue weighted by molar-refractivity contribution is 7.26. The maximum atomic E-state index is 2.52. The van der Waals surface area contributed by atoms with Gasteiger partial charge in [0.05, 0.1) is 33.8 Å². The van der Waals surface area contributed by atoms with Crippen molar-refractivity contribution in [3.05, 3.63) is 218 Å². The van der Waals surface area contributed by atoms with Gasteiger partial charge in [-0.15, -0.1) is 11.3 Å². The SMILES string of the molecule is c1ccc(-c2ccccc2N(c2ccccc2-c2cccc3c2sc2ccccc23)c2cccc3c2c2ccccc2n3-c2ccccc2-c2ccccc2)cc1. The summed E-state index contributed by atoms with van der Waals surface area (Å²) >= 11 is 1.88. The molecule has 2 nitrogen and oxygen atoms in total. The molecule has 0 amide bonds. The molecule has 0 aliphatic carbocycles. The highest BCUT2D eigenvalue weighted by atomic mass is 32.1. The van der Waals surface area contributed by atoms with Crippen LogP contribution in [0, 0.1) is 0 Å². The van der Waals surface area contributed by atoms with E-state index in [1.807, 2.05) is 11.3 Å². The van der Waals surface area contributed by atoms with Crippen molar-refractivity contribution < 1.29 is 0 Å². The van der Waals surface area contributed by atoms with E-state index in [4.69, 9.17) is 0 Å². The molecule has 0 spiro atoms. The first-order valence-corrected chi connectivity index (χ1v) is 20.3. The van der Waals surface area contributed by atoms with Gasteiger partial charge in [0.15, 0.2) is 0 Å². The Bertz CT molecular complexity index is 3250. The number of rotatable bonds is 7. The van der Waals surface area contributed by atoms with E-state index in [2.05, 4.69) is 228 Å². The molecule has 268 valence electrons. The Morgan fingerprint density at radius 1 is 0.333 bits per heavy atom. The fraction of sp³-hybridized carbons (Fsp3) is 0. The first-order valence-electron chi connectivity index (χ1n) is 19.4. The van der Waals surface area contributed by atoms with Gasteiger partial charge in [-0.2, -0.15) is 0 Å². The van der Waals surface area contributed by atoms with Crippen molar-refractivity contribution in [2.24, 2.45) is 0 Å². The summed E-state index contributed by atoms with van der Waals surface area (Å²) in [4.78, 5) is 2.52. The molecule has 0 fully saturated rings. The summed E-state index contributed by atoms with van der Waals surface area (Å²) in [5.41, 5.74) is 14.0. The maximum Gasteiger partial charge on any atom is 0.0562 e. The topological polar surface area (TPSA) is 8.17 Å². The normalized spacial score (nSPS) is 11.5. The number of fused-ring (bicyclic) bond motifs is 6. The van der Waals surface area contributed by atoms with Gasteiger partial charge in [0.2, 0.25) is 0 Å². The van der Waals surface area contributed by atoms with Crippen LogP contribution in [0.2, 0.25) is 0 Å². The first-order chi connectivity index (χ1) is 28.3. The van der Waals surface area contributed by atoms with Crippen LogP contribution in [-0.4, -0.2) is 4.57 Å². The summed E-state index contributed by atoms with van der Waals surface area (Å²) in [6, 6.07) is 79.4. The number of nitrogens with zero attached hydrogens (tertiary/aromatic N) is 2. The largest absolute Gasteiger partial charge is 0.309 e. The Balaban J connectivity index is 1.24. The highest BCUT2D eigenvalue weighted by Crippen LogP contribution is 2.50. The van der Waals surface area contributed by atoms with Crippen LogP contribution >= 0.6 is 11.3 Å². The summed E-state index contributed by atoms with van der Waals surface area (Å²) in [7, 11) is 0. The smallest absolute Gasteiger partial charge is 0.0562 e. The zero-order valence-electron chi connectivity index (χ0n) is 31.1. The standard InChI is InChI=1S/C54H36N2S/c1-3-19-37(20-4-1)39-23-7-12-30-46(39)55(48-32-14-9-25-41(48)43-28-17-29-44-42-26-11-16-36-52(42)57-54(43)44)50-34-18-35-51-53(50)45-27-10-15-33-49(45)56(51)47-31-13-8-24-40(47)38-21-5-2-6-22-38/h1-36H. The summed E-state index contributed by atoms with van der Waals surface area (Å²) in [5, 5.41) is 5.00. The number of aromatic nitrogens is 1. The average Bonchev–Trinajstić information content (AvgIpc) is 3.84. The molecule has 3 heteroatoms. The van der Waals surface area contributed by atoms with Gasteiger partial charge >= 0.3 is 0 Å². The van der Waals surface area contributed by atoms with Crippen molar-refractivity contribution in [2.75, 3.05) is 4.90 Å². The molecule has 0 aliphatic heterocycles. The third-order valence-corrected chi connectivity index (χ3v) is 12.4. The maximum absolute atomic E-state index is 2.52. The Hall–Kier alpha value is -7.20. The number of benzene rings is 9. The van der Waals surface area contributed by atoms with Crippen LogP contribution in [0.15, 0.2) is 218 Å². The fourth-order valence-electron chi connectivity index (χ4n) is 8.75. The molecule has 0 radical (unpaired) electrons. The molecule has 0 atom stereocenters. The second-order valence-electron chi connectivity index (χ2n) is 14.4. The van der Waals surface area contributed by atoms with Gasteiger partial charge < -0.3 is 9.47 Å². The monoisotopic (exact) mass is 744 g/mol. The molecule has 0 saturated heterocycles. The highest BCUT2D eigenvalue weighted by Gasteiger charge is 2.26. The average molecular weight is 745 g/mol. The van der Waals surface area contributed by atoms with Gasteiger partial charge in [0.1, 0.15) is 0 Å². The minimum Gasteiger partial charge on any atom is -0.309 e. The number of hydrogen-bond acceptors (Lipinski definition) is 2. The lowest BCUT2D eigenvalue weighted by molar-refractivity contribution is 1.18. The van der Waals surface area contributed by atoms with Crippen molar-refractivity contribution in [3.8, 4) is 39.1 Å². The molecule has 11 aromatic rings. The van der Waals surface area contributed by atoms with E-state index >= 15 is 0 Å². The molecule has 57 heavy (non-hydrogen) atoms. The molecule has 2 heterocycles. The molecule has 0 unspecified atom stereocenters. The van der Waals surface area contributed by atoms with E-state index in [0.29, 0.717) is 0 Å². The molecule has 9 aromatic carbocycles. The lowest BCUT2D eigenvalue weighted by Gasteiger charge is -2.30. The zero-order chi connectivity index (χ0) is 37.7. The van der Waals surface area contributed by atoms with Gasteiger partial charge in [0, 0.05) is 53.2 Å². The summed E-state index contributed by atoms with van der Waals surface area (Å²) < 4.78 is 5.06. The van der Waals surface area contributed by atoms with E-state index in [9.17, 15) is 0 Å². The number of hydrogen-bond donors (Lipinski definition) is 0. The quantitative estimate of drug-likeness (QED) is 0.158. The molecule has 0 N–H and O–H groups in total. The molecule has 0 bridgehead atoms. The molecule has 0 aliphatic rings. The van der Waals surface area contributed by atoms with Crippen molar-refractivity contribution in [3.63, 3.8) is 0 Å². The Morgan fingerprint density at radius 3 is 1.63 bits per heavy atom. The predicted octanol–water partition coefficient (Wildman–Crippen LogP) is 15.6. The lowest BCUT2D eigenvalue weighted by Crippen LogP contribution is -2.13. The van der Waals surface area contributed by atoms with Crippen LogP contribution < -0.4 is 4.90 Å². The summed E-state index contributed by atoms with van der Waals surface area (Å²) in [6.45, 7) is 0. The van der Waals surface area contributed by atoms with Gasteiger partial charge in [-0.05, 0) is 53.6 Å². The predicted molar refractivity (Wildman–Crippen MR) is 245 cm³/mol. The van der Waals surface area contributed by atoms with Gasteiger partial charge in [-0.25, -0.2) is 0 Å². The van der Waals surface area contributed by atoms with Crippen LogP contribution in [0.1, 0.15) is 0 Å². The second-order valence-corrected chi connectivity index (χ2v) is 15.5. The van der Waals surface area contributed by atoms with E-state index < -0.39 is 0 Å². The van der Waals surface area contributed by atoms with Crippen molar-refractivity contribution in [1.82, 2.24) is 4.57 Å². The van der Waals surface area contributed by atoms with Crippen LogP contribution in [0.3, 0.4) is 0 Å². The Kier molecular flexibility index (Phi) is 8.04. The van der Waals surface area contributed by atoms with Gasteiger partial charge in [-0.3, -0.25) is 0 Å². The fourth-order valence-corrected chi connectivity index (χ4v) is 9.98. The van der Waals surface area contributed by atoms with E-state index in [-0.39, 0.29) is 0 Å². The minimum absolute atomic E-state index is 1.12. The number of anilines is 3. The third-order valence-electron chi connectivity index (χ3n) is 11.2. The number of thiophene rings is 1. The molecular weight excluding hydrogens is 709 g/mol. The van der Waals surface area contributed by atoms with Crippen LogP contribution in [0.4, 0.5) is 17.1 Å². The van der Waals surface area contributed by atoms with Crippen LogP contribution in [0.25, 0.3) is 81.0 Å². The second kappa shape index (κ2) is 13.8. The summed E-state index contributed by atoms with van der Waals surface area (Å²) in [6.07, 6.45) is 0. The van der Waals surface area contributed by atoms with Crippen LogP contribution in [0.5, 0.6) is 0 Å². The Morgan fingerprint density at radius 2 is 0.842 bits per heavy atom. The third kappa shape index (κ3) is 5.47. The molecule has 0 saturated carbocycles. The van der Waals surface area contributed by atoms with Gasteiger partial charge in [-0.1, -0.05) is 176 Å². The molecule has 11 rings (SSSR count). The van der Waals surface area contributed by atoms with E-state index in [1.54, 1.807) is 0 Å². The molecule has 2 aromatic heterocycles. The lowest BCUT2D eigenvalue weighted by atomic mass is 9.97.